The highest BCUT2D eigenvalue weighted by molar-refractivity contribution is 14.0. The van der Waals surface area contributed by atoms with Crippen LogP contribution in [0.25, 0.3) is 0 Å². The van der Waals surface area contributed by atoms with Gasteiger partial charge >= 0.3 is 0 Å². The van der Waals surface area contributed by atoms with Crippen molar-refractivity contribution in [3.05, 3.63) is 16.1 Å². The zero-order valence-corrected chi connectivity index (χ0v) is 17.5. The number of guanidine groups is 1. The van der Waals surface area contributed by atoms with Gasteiger partial charge in [0.1, 0.15) is 5.01 Å². The van der Waals surface area contributed by atoms with E-state index in [0.717, 1.165) is 29.8 Å². The third-order valence-electron chi connectivity index (χ3n) is 5.88. The number of aryl methyl sites for hydroxylation is 1. The highest BCUT2D eigenvalue weighted by Gasteiger charge is 2.65. The quantitative estimate of drug-likeness (QED) is 0.412. The van der Waals surface area contributed by atoms with E-state index in [4.69, 9.17) is 4.74 Å². The molecule has 0 aromatic carbocycles. The maximum atomic E-state index is 6.06. The van der Waals surface area contributed by atoms with Crippen LogP contribution < -0.4 is 10.6 Å². The lowest BCUT2D eigenvalue weighted by molar-refractivity contribution is -0.125. The van der Waals surface area contributed by atoms with Crippen LogP contribution in [0.2, 0.25) is 0 Å². The van der Waals surface area contributed by atoms with Gasteiger partial charge in [-0.25, -0.2) is 4.98 Å². The summed E-state index contributed by atoms with van der Waals surface area (Å²) < 4.78 is 6.06. The van der Waals surface area contributed by atoms with Crippen molar-refractivity contribution in [2.24, 2.45) is 16.3 Å². The average Bonchev–Trinajstić information content (AvgIpc) is 3.26. The molecule has 1 aromatic rings. The molecular weight excluding hydrogens is 435 g/mol. The highest BCUT2D eigenvalue weighted by Crippen LogP contribution is 2.60. The lowest BCUT2D eigenvalue weighted by atomic mass is 9.54. The average molecular weight is 462 g/mol. The van der Waals surface area contributed by atoms with Gasteiger partial charge in [0.25, 0.3) is 0 Å². The molecule has 1 spiro atoms. The summed E-state index contributed by atoms with van der Waals surface area (Å²) in [7, 11) is 1.85. The fourth-order valence-corrected chi connectivity index (χ4v) is 5.60. The minimum Gasteiger partial charge on any atom is -0.377 e. The molecule has 2 N–H and O–H groups in total. The number of fused-ring (bicyclic) bond motifs is 2. The molecule has 0 amide bonds. The van der Waals surface area contributed by atoms with Crippen LogP contribution in [0.4, 0.5) is 0 Å². The van der Waals surface area contributed by atoms with Crippen LogP contribution in [0.3, 0.4) is 0 Å². The van der Waals surface area contributed by atoms with E-state index in [1.54, 1.807) is 11.3 Å². The standard InChI is InChI=1S/C17H26N4OS.HI/c1-11-10-23-13(20-11)9-19-16(18-2)21-14-12-5-8-22-15(12)17(14)6-3-4-7-17;/h10,12,14-15H,3-9H2,1-2H3,(H2,18,19,21);1H. The minimum atomic E-state index is 0. The van der Waals surface area contributed by atoms with Crippen molar-refractivity contribution >= 4 is 41.3 Å². The van der Waals surface area contributed by atoms with Gasteiger partial charge in [0.2, 0.25) is 0 Å². The second-order valence-corrected chi connectivity index (χ2v) is 8.06. The summed E-state index contributed by atoms with van der Waals surface area (Å²) in [5, 5.41) is 10.3. The number of hydrogen-bond acceptors (Lipinski definition) is 4. The molecule has 5 nitrogen and oxygen atoms in total. The molecule has 7 heteroatoms. The Balaban J connectivity index is 0.00000169. The molecule has 1 aromatic heterocycles. The summed E-state index contributed by atoms with van der Waals surface area (Å²) in [4.78, 5) is 8.94. The van der Waals surface area contributed by atoms with Gasteiger partial charge in [0.05, 0.1) is 12.6 Å². The lowest BCUT2D eigenvalue weighted by Gasteiger charge is -2.57. The molecule has 134 valence electrons. The molecule has 2 aliphatic carbocycles. The number of ether oxygens (including phenoxy) is 1. The van der Waals surface area contributed by atoms with E-state index in [-0.39, 0.29) is 24.0 Å². The van der Waals surface area contributed by atoms with Gasteiger partial charge in [-0.3, -0.25) is 4.99 Å². The van der Waals surface area contributed by atoms with Gasteiger partial charge in [-0.1, -0.05) is 12.8 Å². The van der Waals surface area contributed by atoms with Crippen molar-refractivity contribution in [1.29, 1.82) is 0 Å². The first kappa shape index (κ1) is 18.4. The molecule has 2 saturated carbocycles. The van der Waals surface area contributed by atoms with Crippen molar-refractivity contribution in [3.63, 3.8) is 0 Å². The third kappa shape index (κ3) is 3.07. The molecule has 4 rings (SSSR count). The molecule has 3 atom stereocenters. The van der Waals surface area contributed by atoms with E-state index >= 15 is 0 Å². The first-order valence-electron chi connectivity index (χ1n) is 8.73. The van der Waals surface area contributed by atoms with Crippen molar-refractivity contribution in [2.75, 3.05) is 13.7 Å². The first-order chi connectivity index (χ1) is 11.2. The molecular formula is C17H27IN4OS. The summed E-state index contributed by atoms with van der Waals surface area (Å²) >= 11 is 1.70. The second-order valence-electron chi connectivity index (χ2n) is 7.11. The number of nitrogens with zero attached hydrogens (tertiary/aromatic N) is 2. The maximum absolute atomic E-state index is 6.06. The predicted octanol–water partition coefficient (Wildman–Crippen LogP) is 3.08. The van der Waals surface area contributed by atoms with Gasteiger partial charge < -0.3 is 15.4 Å². The molecule has 3 fully saturated rings. The number of rotatable bonds is 3. The topological polar surface area (TPSA) is 58.5 Å². The molecule has 1 saturated heterocycles. The van der Waals surface area contributed by atoms with Crippen LogP contribution in [0.1, 0.15) is 42.8 Å². The molecule has 1 aliphatic heterocycles. The van der Waals surface area contributed by atoms with Crippen LogP contribution in [-0.4, -0.2) is 36.7 Å². The Bertz CT molecular complexity index is 599. The smallest absolute Gasteiger partial charge is 0.191 e. The monoisotopic (exact) mass is 462 g/mol. The fourth-order valence-electron chi connectivity index (χ4n) is 4.89. The zero-order valence-electron chi connectivity index (χ0n) is 14.4. The first-order valence-corrected chi connectivity index (χ1v) is 9.61. The Morgan fingerprint density at radius 1 is 1.46 bits per heavy atom. The Morgan fingerprint density at radius 3 is 2.92 bits per heavy atom. The number of halogens is 1. The van der Waals surface area contributed by atoms with E-state index in [2.05, 4.69) is 26.0 Å². The maximum Gasteiger partial charge on any atom is 0.191 e. The molecule has 0 bridgehead atoms. The van der Waals surface area contributed by atoms with E-state index in [1.165, 1.54) is 32.1 Å². The molecule has 3 unspecified atom stereocenters. The molecule has 0 radical (unpaired) electrons. The Labute approximate surface area is 165 Å². The van der Waals surface area contributed by atoms with Crippen molar-refractivity contribution < 1.29 is 4.74 Å². The largest absolute Gasteiger partial charge is 0.377 e. The van der Waals surface area contributed by atoms with E-state index in [9.17, 15) is 0 Å². The van der Waals surface area contributed by atoms with E-state index < -0.39 is 0 Å². The van der Waals surface area contributed by atoms with E-state index in [0.29, 0.717) is 23.5 Å². The SMILES string of the molecule is CN=C(NCc1nc(C)cs1)NC1C2CCOC2C12CCCC2.I. The Morgan fingerprint density at radius 2 is 2.25 bits per heavy atom. The minimum absolute atomic E-state index is 0. The van der Waals surface area contributed by atoms with Gasteiger partial charge in [0.15, 0.2) is 5.96 Å². The van der Waals surface area contributed by atoms with Crippen molar-refractivity contribution in [2.45, 2.75) is 57.7 Å². The lowest BCUT2D eigenvalue weighted by Crippen LogP contribution is -2.69. The Hall–Kier alpha value is -0.410. The van der Waals surface area contributed by atoms with Crippen LogP contribution in [0.15, 0.2) is 10.4 Å². The van der Waals surface area contributed by atoms with E-state index in [1.807, 2.05) is 14.0 Å². The van der Waals surface area contributed by atoms with Crippen molar-refractivity contribution in [1.82, 2.24) is 15.6 Å². The number of aliphatic imine (C=N–C) groups is 1. The Kier molecular flexibility index (Phi) is 5.71. The van der Waals surface area contributed by atoms with Crippen LogP contribution in [0, 0.1) is 18.3 Å². The summed E-state index contributed by atoms with van der Waals surface area (Å²) in [5.41, 5.74) is 1.45. The number of thiazole rings is 1. The van der Waals surface area contributed by atoms with Crippen molar-refractivity contribution in [3.8, 4) is 0 Å². The summed E-state index contributed by atoms with van der Waals surface area (Å²) in [6.45, 7) is 3.70. The number of nitrogens with one attached hydrogen (secondary N) is 2. The number of hydrogen-bond donors (Lipinski definition) is 2. The van der Waals surface area contributed by atoms with Crippen LogP contribution >= 0.6 is 35.3 Å². The summed E-state index contributed by atoms with van der Waals surface area (Å²) in [6, 6.07) is 0.515. The fraction of sp³-hybridized carbons (Fsp3) is 0.765. The molecule has 24 heavy (non-hydrogen) atoms. The predicted molar refractivity (Wildman–Crippen MR) is 108 cm³/mol. The molecule has 2 heterocycles. The normalized spacial score (nSPS) is 30.6. The van der Waals surface area contributed by atoms with Crippen LogP contribution in [-0.2, 0) is 11.3 Å². The van der Waals surface area contributed by atoms with Crippen LogP contribution in [0.5, 0.6) is 0 Å². The second kappa shape index (κ2) is 7.45. The number of aromatic nitrogens is 1. The van der Waals surface area contributed by atoms with Gasteiger partial charge in [-0.2, -0.15) is 0 Å². The third-order valence-corrected chi connectivity index (χ3v) is 6.84. The zero-order chi connectivity index (χ0) is 15.9. The van der Waals surface area contributed by atoms with Gasteiger partial charge in [-0.15, -0.1) is 35.3 Å². The summed E-state index contributed by atoms with van der Waals surface area (Å²) in [6.07, 6.45) is 6.96. The molecule has 3 aliphatic rings. The summed E-state index contributed by atoms with van der Waals surface area (Å²) in [5.74, 6) is 1.56. The van der Waals surface area contributed by atoms with Gasteiger partial charge in [0, 0.05) is 42.1 Å². The van der Waals surface area contributed by atoms with Gasteiger partial charge in [-0.05, 0) is 26.2 Å². The highest BCUT2D eigenvalue weighted by atomic mass is 127.